The number of fused-ring (bicyclic) bond motifs is 3. The van der Waals surface area contributed by atoms with Crippen LogP contribution in [0.1, 0.15) is 44.7 Å². The molecule has 0 fully saturated rings. The Morgan fingerprint density at radius 1 is 0.800 bits per heavy atom. The number of benzene rings is 3. The van der Waals surface area contributed by atoms with Crippen LogP contribution in [0.3, 0.4) is 0 Å². The normalized spacial score (nSPS) is 11.9. The van der Waals surface area contributed by atoms with Crippen molar-refractivity contribution in [1.29, 1.82) is 0 Å². The minimum atomic E-state index is 0.455. The highest BCUT2D eigenvalue weighted by molar-refractivity contribution is 7.19. The average Bonchev–Trinajstić information content (AvgIpc) is 3.02. The minimum absolute atomic E-state index is 0.455. The second-order valence-corrected chi connectivity index (χ2v) is 8.27. The second-order valence-electron chi connectivity index (χ2n) is 7.24. The number of hydrogen-bond acceptors (Lipinski definition) is 1. The Bertz CT molecular complexity index is 1040. The summed E-state index contributed by atoms with van der Waals surface area (Å²) in [6, 6.07) is 22.4. The largest absolute Gasteiger partial charge is 0.241 e. The van der Waals surface area contributed by atoms with Gasteiger partial charge in [0.1, 0.15) is 4.70 Å². The zero-order valence-corrected chi connectivity index (χ0v) is 16.1. The van der Waals surface area contributed by atoms with E-state index in [0.717, 1.165) is 0 Å². The van der Waals surface area contributed by atoms with Gasteiger partial charge in [-0.1, -0.05) is 79.8 Å². The molecule has 4 aromatic rings. The predicted octanol–water partition coefficient (Wildman–Crippen LogP) is 6.71. The van der Waals surface area contributed by atoms with Gasteiger partial charge in [0, 0.05) is 17.4 Å². The quantitative estimate of drug-likeness (QED) is 0.363. The molecule has 0 aliphatic carbocycles. The van der Waals surface area contributed by atoms with Crippen molar-refractivity contribution < 1.29 is 4.57 Å². The predicted molar refractivity (Wildman–Crippen MR) is 109 cm³/mol. The van der Waals surface area contributed by atoms with Gasteiger partial charge in [-0.05, 0) is 30.4 Å². The summed E-state index contributed by atoms with van der Waals surface area (Å²) in [7, 11) is 0. The van der Waals surface area contributed by atoms with Crippen molar-refractivity contribution in [2.75, 3.05) is 0 Å². The zero-order chi connectivity index (χ0) is 17.6. The smallest absolute Gasteiger partial charge is 0.184 e. The molecule has 4 rings (SSSR count). The van der Waals surface area contributed by atoms with E-state index in [9.17, 15) is 0 Å². The van der Waals surface area contributed by atoms with Crippen LogP contribution in [0.4, 0.5) is 0 Å². The molecule has 0 bridgehead atoms. The van der Waals surface area contributed by atoms with Crippen LogP contribution in [0.15, 0.2) is 60.7 Å². The van der Waals surface area contributed by atoms with Crippen molar-refractivity contribution >= 4 is 32.3 Å². The molecule has 0 aliphatic heterocycles. The molecule has 1 nitrogen and oxygen atoms in total. The Morgan fingerprint density at radius 2 is 1.44 bits per heavy atom. The van der Waals surface area contributed by atoms with E-state index >= 15 is 0 Å². The molecule has 2 heteroatoms. The van der Waals surface area contributed by atoms with Crippen LogP contribution in [-0.4, -0.2) is 0 Å². The van der Waals surface area contributed by atoms with Gasteiger partial charge in [-0.3, -0.25) is 0 Å². The average molecular weight is 347 g/mol. The van der Waals surface area contributed by atoms with Crippen molar-refractivity contribution in [2.24, 2.45) is 0 Å². The molecule has 0 aliphatic rings. The number of hydrogen-bond donors (Lipinski definition) is 0. The van der Waals surface area contributed by atoms with E-state index in [-0.39, 0.29) is 0 Å². The summed E-state index contributed by atoms with van der Waals surface area (Å²) in [6.07, 6.45) is 0. The first-order valence-corrected chi connectivity index (χ1v) is 9.84. The topological polar surface area (TPSA) is 3.88 Å². The molecule has 25 heavy (non-hydrogen) atoms. The van der Waals surface area contributed by atoms with Gasteiger partial charge in [0.2, 0.25) is 10.5 Å². The lowest BCUT2D eigenvalue weighted by molar-refractivity contribution is -0.695. The zero-order valence-electron chi connectivity index (χ0n) is 15.3. The first kappa shape index (κ1) is 16.3. The van der Waals surface area contributed by atoms with Gasteiger partial charge in [0.05, 0.1) is 0 Å². The number of thiazole rings is 1. The first-order valence-electron chi connectivity index (χ1n) is 9.03. The highest BCUT2D eigenvalue weighted by Gasteiger charge is 2.27. The van der Waals surface area contributed by atoms with Crippen molar-refractivity contribution in [2.45, 2.75) is 39.7 Å². The van der Waals surface area contributed by atoms with Crippen LogP contribution in [0.5, 0.6) is 0 Å². The Labute approximate surface area is 153 Å². The summed E-state index contributed by atoms with van der Waals surface area (Å²) in [5, 5.41) is 4.17. The molecule has 1 heterocycles. The number of aromatic nitrogens is 1. The number of nitrogens with zero attached hydrogens (tertiary/aromatic N) is 1. The molecule has 0 N–H and O–H groups in total. The van der Waals surface area contributed by atoms with Gasteiger partial charge < -0.3 is 0 Å². The van der Waals surface area contributed by atoms with Crippen LogP contribution in [0.2, 0.25) is 0 Å². The summed E-state index contributed by atoms with van der Waals surface area (Å²) in [5.74, 6) is 0.527. The fourth-order valence-corrected chi connectivity index (χ4v) is 5.08. The Hall–Kier alpha value is -2.19. The Kier molecular flexibility index (Phi) is 4.09. The molecule has 0 atom stereocenters. The van der Waals surface area contributed by atoms with Crippen molar-refractivity contribution in [3.05, 3.63) is 65.7 Å². The molecule has 3 aromatic carbocycles. The van der Waals surface area contributed by atoms with E-state index in [1.165, 1.54) is 37.1 Å². The van der Waals surface area contributed by atoms with Crippen LogP contribution < -0.4 is 4.57 Å². The van der Waals surface area contributed by atoms with Gasteiger partial charge in [-0.15, -0.1) is 0 Å². The first-order chi connectivity index (χ1) is 12.1. The van der Waals surface area contributed by atoms with E-state index < -0.39 is 0 Å². The van der Waals surface area contributed by atoms with E-state index in [1.807, 2.05) is 11.3 Å². The molecule has 126 valence electrons. The van der Waals surface area contributed by atoms with Crippen LogP contribution in [0, 0.1) is 0 Å². The van der Waals surface area contributed by atoms with Gasteiger partial charge in [-0.25, -0.2) is 0 Å². The maximum absolute atomic E-state index is 2.53. The lowest BCUT2D eigenvalue weighted by Gasteiger charge is -2.08. The molecule has 0 spiro atoms. The molecule has 1 aromatic heterocycles. The maximum Gasteiger partial charge on any atom is 0.241 e. The van der Waals surface area contributed by atoms with Crippen LogP contribution in [0.25, 0.3) is 32.1 Å². The summed E-state index contributed by atoms with van der Waals surface area (Å²) < 4.78 is 3.94. The Morgan fingerprint density at radius 3 is 2.08 bits per heavy atom. The standard InChI is InChI=1S/C23H24NS/c1-15(2)23-24(16(3)4)21-14-20(17-10-6-5-7-11-17)18-12-8-9-13-19(18)22(21)25-23/h5-16H,1-4H3/q+1. The number of rotatable bonds is 3. The van der Waals surface area contributed by atoms with E-state index in [2.05, 4.69) is 92.9 Å². The molecule has 0 saturated heterocycles. The van der Waals surface area contributed by atoms with E-state index in [4.69, 9.17) is 0 Å². The van der Waals surface area contributed by atoms with Crippen molar-refractivity contribution in [1.82, 2.24) is 0 Å². The maximum atomic E-state index is 2.53. The van der Waals surface area contributed by atoms with E-state index in [1.54, 1.807) is 0 Å². The van der Waals surface area contributed by atoms with E-state index in [0.29, 0.717) is 12.0 Å². The molecule has 0 radical (unpaired) electrons. The SMILES string of the molecule is CC(C)c1sc2c3ccccc3c(-c3ccccc3)cc2[n+]1C(C)C. The summed E-state index contributed by atoms with van der Waals surface area (Å²) in [6.45, 7) is 9.17. The fourth-order valence-electron chi connectivity index (χ4n) is 3.68. The third kappa shape index (κ3) is 2.65. The van der Waals surface area contributed by atoms with Gasteiger partial charge >= 0.3 is 0 Å². The highest BCUT2D eigenvalue weighted by atomic mass is 32.1. The van der Waals surface area contributed by atoms with Crippen molar-refractivity contribution in [3.63, 3.8) is 0 Å². The monoisotopic (exact) mass is 346 g/mol. The molecule has 0 amide bonds. The highest BCUT2D eigenvalue weighted by Crippen LogP contribution is 2.38. The third-order valence-corrected chi connectivity index (χ3v) is 6.28. The van der Waals surface area contributed by atoms with Gasteiger partial charge in [0.15, 0.2) is 6.04 Å². The minimum Gasteiger partial charge on any atom is -0.184 e. The third-order valence-electron chi connectivity index (χ3n) is 4.77. The van der Waals surface area contributed by atoms with Crippen molar-refractivity contribution in [3.8, 4) is 11.1 Å². The molecule has 0 saturated carbocycles. The fraction of sp³-hybridized carbons (Fsp3) is 0.261. The summed E-state index contributed by atoms with van der Waals surface area (Å²) in [4.78, 5) is 0. The lowest BCUT2D eigenvalue weighted by atomic mass is 9.97. The molecular weight excluding hydrogens is 322 g/mol. The Balaban J connectivity index is 2.18. The summed E-state index contributed by atoms with van der Waals surface area (Å²) in [5.41, 5.74) is 3.97. The molecular formula is C23H24NS+. The van der Waals surface area contributed by atoms with Crippen LogP contribution >= 0.6 is 11.3 Å². The van der Waals surface area contributed by atoms with Gasteiger partial charge in [0.25, 0.3) is 0 Å². The van der Waals surface area contributed by atoms with Gasteiger partial charge in [-0.2, -0.15) is 4.57 Å². The summed E-state index contributed by atoms with van der Waals surface area (Å²) >= 11 is 1.96. The molecule has 0 unspecified atom stereocenters. The second kappa shape index (κ2) is 6.27. The van der Waals surface area contributed by atoms with Crippen LogP contribution in [-0.2, 0) is 0 Å². The lowest BCUT2D eigenvalue weighted by Crippen LogP contribution is -2.39.